The minimum Gasteiger partial charge on any atom is -0.474 e. The average molecular weight is 339 g/mol. The lowest BCUT2D eigenvalue weighted by Gasteiger charge is -2.17. The molecule has 0 saturated heterocycles. The van der Waals surface area contributed by atoms with Crippen LogP contribution < -0.4 is 15.7 Å². The van der Waals surface area contributed by atoms with Crippen LogP contribution in [-0.2, 0) is 6.54 Å². The third-order valence-electron chi connectivity index (χ3n) is 3.44. The van der Waals surface area contributed by atoms with Crippen LogP contribution in [0.15, 0.2) is 35.4 Å². The number of hydrogen-bond acceptors (Lipinski definition) is 6. The normalized spacial score (nSPS) is 12.5. The van der Waals surface area contributed by atoms with E-state index in [9.17, 15) is 4.79 Å². The van der Waals surface area contributed by atoms with Crippen LogP contribution in [0.25, 0.3) is 0 Å². The van der Waals surface area contributed by atoms with Gasteiger partial charge in [0.25, 0.3) is 0 Å². The van der Waals surface area contributed by atoms with Gasteiger partial charge in [-0.1, -0.05) is 0 Å². The van der Waals surface area contributed by atoms with Crippen LogP contribution in [0.5, 0.6) is 5.88 Å². The SMILES string of the molecule is O=c1[nH]ncn1Cc1ccc(C#Cc2ccc3c(n2)OCCN3)s1. The summed E-state index contributed by atoms with van der Waals surface area (Å²) in [5, 5.41) is 9.31. The van der Waals surface area contributed by atoms with Crippen LogP contribution in [0.1, 0.15) is 15.4 Å². The lowest BCUT2D eigenvalue weighted by Crippen LogP contribution is -2.18. The average Bonchev–Trinajstić information content (AvgIpc) is 3.22. The molecule has 3 aromatic rings. The summed E-state index contributed by atoms with van der Waals surface area (Å²) in [5.41, 5.74) is 1.34. The summed E-state index contributed by atoms with van der Waals surface area (Å²) < 4.78 is 7.02. The number of ether oxygens (including phenoxy) is 1. The number of nitrogens with zero attached hydrogens (tertiary/aromatic N) is 3. The molecule has 0 saturated carbocycles. The maximum Gasteiger partial charge on any atom is 0.343 e. The van der Waals surface area contributed by atoms with Gasteiger partial charge in [-0.25, -0.2) is 14.9 Å². The van der Waals surface area contributed by atoms with Crippen LogP contribution in [0.4, 0.5) is 5.69 Å². The second-order valence-corrected chi connectivity index (χ2v) is 6.30. The predicted molar refractivity (Wildman–Crippen MR) is 90.5 cm³/mol. The number of nitrogens with one attached hydrogen (secondary N) is 2. The largest absolute Gasteiger partial charge is 0.474 e. The Morgan fingerprint density at radius 3 is 3.12 bits per heavy atom. The van der Waals surface area contributed by atoms with E-state index in [-0.39, 0.29) is 5.69 Å². The summed E-state index contributed by atoms with van der Waals surface area (Å²) in [6.07, 6.45) is 1.48. The van der Waals surface area contributed by atoms with Gasteiger partial charge in [-0.3, -0.25) is 4.57 Å². The summed E-state index contributed by atoms with van der Waals surface area (Å²) in [6.45, 7) is 1.88. The van der Waals surface area contributed by atoms with Gasteiger partial charge in [0.15, 0.2) is 0 Å². The van der Waals surface area contributed by atoms with E-state index >= 15 is 0 Å². The minimum atomic E-state index is -0.220. The Balaban J connectivity index is 1.51. The lowest BCUT2D eigenvalue weighted by atomic mass is 10.3. The molecule has 24 heavy (non-hydrogen) atoms. The van der Waals surface area contributed by atoms with Gasteiger partial charge in [-0.15, -0.1) is 11.3 Å². The first kappa shape index (κ1) is 14.5. The van der Waals surface area contributed by atoms with E-state index in [0.717, 1.165) is 22.0 Å². The first-order chi connectivity index (χ1) is 11.8. The van der Waals surface area contributed by atoms with E-state index in [2.05, 4.69) is 32.3 Å². The predicted octanol–water partition coefficient (Wildman–Crippen LogP) is 1.28. The van der Waals surface area contributed by atoms with Gasteiger partial charge in [0, 0.05) is 11.4 Å². The number of thiophene rings is 1. The highest BCUT2D eigenvalue weighted by molar-refractivity contribution is 7.12. The Labute approximate surface area is 141 Å². The maximum atomic E-state index is 11.5. The zero-order valence-electron chi connectivity index (χ0n) is 12.6. The highest BCUT2D eigenvalue weighted by Crippen LogP contribution is 2.24. The number of anilines is 1. The molecular weight excluding hydrogens is 326 g/mol. The van der Waals surface area contributed by atoms with E-state index in [0.29, 0.717) is 24.7 Å². The molecule has 4 rings (SSSR count). The van der Waals surface area contributed by atoms with Crippen molar-refractivity contribution >= 4 is 17.0 Å². The fraction of sp³-hybridized carbons (Fsp3) is 0.188. The summed E-state index contributed by atoms with van der Waals surface area (Å²) in [7, 11) is 0. The van der Waals surface area contributed by atoms with E-state index in [1.54, 1.807) is 11.3 Å². The molecular formula is C16H13N5O2S. The number of rotatable bonds is 2. The number of aromatic amines is 1. The molecule has 1 aliphatic heterocycles. The van der Waals surface area contributed by atoms with E-state index in [4.69, 9.17) is 4.74 Å². The number of pyridine rings is 1. The van der Waals surface area contributed by atoms with Gasteiger partial charge in [-0.05, 0) is 36.1 Å². The molecule has 0 amide bonds. The molecule has 7 nitrogen and oxygen atoms in total. The molecule has 0 atom stereocenters. The number of hydrogen-bond donors (Lipinski definition) is 2. The monoisotopic (exact) mass is 339 g/mol. The fourth-order valence-electron chi connectivity index (χ4n) is 2.29. The Morgan fingerprint density at radius 2 is 2.25 bits per heavy atom. The van der Waals surface area contributed by atoms with Crippen molar-refractivity contribution in [1.82, 2.24) is 19.7 Å². The zero-order chi connectivity index (χ0) is 16.4. The maximum absolute atomic E-state index is 11.5. The second kappa shape index (κ2) is 6.22. The summed E-state index contributed by atoms with van der Waals surface area (Å²) in [6, 6.07) is 7.69. The minimum absolute atomic E-state index is 0.220. The van der Waals surface area contributed by atoms with Crippen molar-refractivity contribution in [3.05, 3.63) is 56.5 Å². The smallest absolute Gasteiger partial charge is 0.343 e. The molecule has 0 unspecified atom stereocenters. The van der Waals surface area contributed by atoms with Crippen molar-refractivity contribution in [3.8, 4) is 17.7 Å². The molecule has 2 N–H and O–H groups in total. The van der Waals surface area contributed by atoms with E-state index in [1.165, 1.54) is 10.9 Å². The molecule has 1 aliphatic rings. The molecule has 4 heterocycles. The van der Waals surface area contributed by atoms with Crippen LogP contribution in [-0.4, -0.2) is 32.9 Å². The number of aromatic nitrogens is 4. The van der Waals surface area contributed by atoms with Crippen molar-refractivity contribution < 1.29 is 4.74 Å². The van der Waals surface area contributed by atoms with Gasteiger partial charge < -0.3 is 10.1 Å². The standard InChI is InChI=1S/C16H13N5O2S/c22-16-20-18-10-21(16)9-13-5-4-12(24-13)3-1-11-2-6-14-15(19-11)23-8-7-17-14/h2,4-6,10,17H,7-9H2,(H,20,22). The summed E-state index contributed by atoms with van der Waals surface area (Å²) in [4.78, 5) is 17.8. The number of fused-ring (bicyclic) bond motifs is 1. The quantitative estimate of drug-likeness (QED) is 0.687. The molecule has 0 aliphatic carbocycles. The van der Waals surface area contributed by atoms with Gasteiger partial charge in [0.1, 0.15) is 18.6 Å². The third kappa shape index (κ3) is 3.02. The molecule has 8 heteroatoms. The summed E-state index contributed by atoms with van der Waals surface area (Å²) >= 11 is 1.54. The highest BCUT2D eigenvalue weighted by atomic mass is 32.1. The van der Waals surface area contributed by atoms with Crippen molar-refractivity contribution in [3.63, 3.8) is 0 Å². The molecule has 0 fully saturated rings. The van der Waals surface area contributed by atoms with Crippen molar-refractivity contribution in [1.29, 1.82) is 0 Å². The molecule has 3 aromatic heterocycles. The Hall–Kier alpha value is -3.05. The van der Waals surface area contributed by atoms with Gasteiger partial charge in [0.05, 0.1) is 17.1 Å². The topological polar surface area (TPSA) is 84.8 Å². The van der Waals surface area contributed by atoms with Gasteiger partial charge >= 0.3 is 5.69 Å². The van der Waals surface area contributed by atoms with Crippen molar-refractivity contribution in [2.45, 2.75) is 6.54 Å². The molecule has 0 radical (unpaired) electrons. The van der Waals surface area contributed by atoms with Crippen molar-refractivity contribution in [2.75, 3.05) is 18.5 Å². The van der Waals surface area contributed by atoms with Crippen LogP contribution in [0.3, 0.4) is 0 Å². The highest BCUT2D eigenvalue weighted by Gasteiger charge is 2.10. The molecule has 0 aromatic carbocycles. The number of H-pyrrole nitrogens is 1. The van der Waals surface area contributed by atoms with Crippen molar-refractivity contribution in [2.24, 2.45) is 0 Å². The first-order valence-corrected chi connectivity index (χ1v) is 8.18. The fourth-order valence-corrected chi connectivity index (χ4v) is 3.16. The van der Waals surface area contributed by atoms with Crippen LogP contribution in [0, 0.1) is 11.8 Å². The molecule has 120 valence electrons. The van der Waals surface area contributed by atoms with Crippen LogP contribution >= 0.6 is 11.3 Å². The Kier molecular flexibility index (Phi) is 3.76. The Bertz CT molecular complexity index is 992. The van der Waals surface area contributed by atoms with Gasteiger partial charge in [0.2, 0.25) is 5.88 Å². The third-order valence-corrected chi connectivity index (χ3v) is 4.42. The summed E-state index contributed by atoms with van der Waals surface area (Å²) in [5.74, 6) is 6.75. The van der Waals surface area contributed by atoms with E-state index in [1.807, 2.05) is 24.3 Å². The lowest BCUT2D eigenvalue weighted by molar-refractivity contribution is 0.310. The Morgan fingerprint density at radius 1 is 1.29 bits per heavy atom. The molecule has 0 bridgehead atoms. The van der Waals surface area contributed by atoms with Crippen LogP contribution in [0.2, 0.25) is 0 Å². The molecule has 0 spiro atoms. The van der Waals surface area contributed by atoms with Gasteiger partial charge in [-0.2, -0.15) is 5.10 Å². The second-order valence-electron chi connectivity index (χ2n) is 5.13. The first-order valence-electron chi connectivity index (χ1n) is 7.36. The van der Waals surface area contributed by atoms with E-state index < -0.39 is 0 Å². The zero-order valence-corrected chi connectivity index (χ0v) is 13.4.